The topological polar surface area (TPSA) is 20.2 Å². The van der Waals surface area contributed by atoms with Crippen molar-refractivity contribution in [2.45, 2.75) is 39.5 Å². The van der Waals surface area contributed by atoms with Crippen molar-refractivity contribution in [2.24, 2.45) is 0 Å². The van der Waals surface area contributed by atoms with Gasteiger partial charge in [0, 0.05) is 9.58 Å². The molecule has 86 valence electrons. The van der Waals surface area contributed by atoms with E-state index in [9.17, 15) is 5.11 Å². The van der Waals surface area contributed by atoms with Crippen LogP contribution >= 0.6 is 11.3 Å². The Bertz CT molecular complexity index is 509. The van der Waals surface area contributed by atoms with Crippen molar-refractivity contribution in [3.05, 3.63) is 28.6 Å². The molecule has 1 nitrogen and oxygen atoms in total. The normalized spacial score (nSPS) is 11.9. The molecule has 16 heavy (non-hydrogen) atoms. The van der Waals surface area contributed by atoms with Crippen LogP contribution in [-0.2, 0) is 0 Å². The second-order valence-corrected chi connectivity index (χ2v) is 5.95. The monoisotopic (exact) mass is 234 g/mol. The summed E-state index contributed by atoms with van der Waals surface area (Å²) < 4.78 is 1.20. The van der Waals surface area contributed by atoms with Crippen molar-refractivity contribution in [3.63, 3.8) is 0 Å². The van der Waals surface area contributed by atoms with Gasteiger partial charge in [-0.05, 0) is 41.0 Å². The lowest BCUT2D eigenvalue weighted by molar-refractivity contribution is 0.476. The first-order valence-corrected chi connectivity index (χ1v) is 6.57. The number of hydrogen-bond donors (Lipinski definition) is 1. The van der Waals surface area contributed by atoms with E-state index in [-0.39, 0.29) is 0 Å². The highest BCUT2D eigenvalue weighted by molar-refractivity contribution is 7.19. The van der Waals surface area contributed by atoms with Crippen LogP contribution in [0.3, 0.4) is 0 Å². The van der Waals surface area contributed by atoms with Crippen LogP contribution in [0.4, 0.5) is 0 Å². The summed E-state index contributed by atoms with van der Waals surface area (Å²) in [5.41, 5.74) is 1.45. The molecule has 1 aromatic carbocycles. The lowest BCUT2D eigenvalue weighted by Crippen LogP contribution is -1.93. The molecule has 0 unspecified atom stereocenters. The summed E-state index contributed by atoms with van der Waals surface area (Å²) in [6.45, 7) is 8.94. The molecular formula is C14H18OS. The minimum atomic E-state index is 0.361. The number of aromatic hydroxyl groups is 1. The summed E-state index contributed by atoms with van der Waals surface area (Å²) in [7, 11) is 0. The smallest absolute Gasteiger partial charge is 0.117 e. The highest BCUT2D eigenvalue weighted by Gasteiger charge is 2.17. The fraction of sp³-hybridized carbons (Fsp3) is 0.429. The Morgan fingerprint density at radius 2 is 1.75 bits per heavy atom. The van der Waals surface area contributed by atoms with E-state index in [1.807, 2.05) is 23.5 Å². The van der Waals surface area contributed by atoms with Crippen LogP contribution < -0.4 is 0 Å². The molecule has 0 bridgehead atoms. The Hall–Kier alpha value is -1.02. The molecule has 2 rings (SSSR count). The van der Waals surface area contributed by atoms with E-state index >= 15 is 0 Å². The third kappa shape index (κ3) is 1.82. The minimum Gasteiger partial charge on any atom is -0.508 e. The summed E-state index contributed by atoms with van der Waals surface area (Å²) in [5, 5.41) is 10.8. The summed E-state index contributed by atoms with van der Waals surface area (Å²) in [4.78, 5) is 1.45. The van der Waals surface area contributed by atoms with Crippen molar-refractivity contribution >= 4 is 21.4 Å². The maximum absolute atomic E-state index is 9.51. The number of thiophene rings is 1. The number of benzene rings is 1. The van der Waals surface area contributed by atoms with Gasteiger partial charge in [-0.3, -0.25) is 0 Å². The summed E-state index contributed by atoms with van der Waals surface area (Å²) in [6.07, 6.45) is 0. The first-order chi connectivity index (χ1) is 7.50. The van der Waals surface area contributed by atoms with Gasteiger partial charge in [0.25, 0.3) is 0 Å². The Balaban J connectivity index is 2.75. The van der Waals surface area contributed by atoms with Crippen molar-refractivity contribution in [2.75, 3.05) is 0 Å². The molecular weight excluding hydrogens is 216 g/mol. The van der Waals surface area contributed by atoms with Crippen LogP contribution in [0.5, 0.6) is 5.75 Å². The van der Waals surface area contributed by atoms with E-state index in [1.54, 1.807) is 6.07 Å². The van der Waals surface area contributed by atoms with E-state index in [4.69, 9.17) is 0 Å². The molecule has 0 fully saturated rings. The SMILES string of the molecule is CC(C)c1sc2cc(O)ccc2c1C(C)C. The van der Waals surface area contributed by atoms with Gasteiger partial charge in [-0.2, -0.15) is 0 Å². The number of phenolic OH excluding ortho intramolecular Hbond substituents is 1. The standard InChI is InChI=1S/C14H18OS/c1-8(2)13-11-6-5-10(15)7-12(11)16-14(13)9(3)4/h5-9,15H,1-4H3. The third-order valence-electron chi connectivity index (χ3n) is 2.84. The number of phenols is 1. The Morgan fingerprint density at radius 3 is 2.31 bits per heavy atom. The van der Waals surface area contributed by atoms with Gasteiger partial charge in [-0.25, -0.2) is 0 Å². The molecule has 0 aliphatic carbocycles. The lowest BCUT2D eigenvalue weighted by Gasteiger charge is -2.10. The van der Waals surface area contributed by atoms with Crippen LogP contribution in [0.1, 0.15) is 50.0 Å². The molecule has 1 N–H and O–H groups in total. The van der Waals surface area contributed by atoms with Crippen LogP contribution in [0.2, 0.25) is 0 Å². The van der Waals surface area contributed by atoms with Crippen LogP contribution in [-0.4, -0.2) is 5.11 Å². The summed E-state index contributed by atoms with van der Waals surface area (Å²) in [6, 6.07) is 5.70. The molecule has 1 aromatic heterocycles. The van der Waals surface area contributed by atoms with Crippen molar-refractivity contribution in [3.8, 4) is 5.75 Å². The van der Waals surface area contributed by atoms with Crippen LogP contribution in [0, 0.1) is 0 Å². The number of rotatable bonds is 2. The molecule has 0 amide bonds. The molecule has 0 saturated heterocycles. The Kier molecular flexibility index (Phi) is 2.94. The predicted molar refractivity (Wildman–Crippen MR) is 71.7 cm³/mol. The van der Waals surface area contributed by atoms with Crippen LogP contribution in [0.25, 0.3) is 10.1 Å². The van der Waals surface area contributed by atoms with Gasteiger partial charge >= 0.3 is 0 Å². The van der Waals surface area contributed by atoms with Crippen molar-refractivity contribution in [1.29, 1.82) is 0 Å². The van der Waals surface area contributed by atoms with Gasteiger partial charge in [-0.1, -0.05) is 27.7 Å². The largest absolute Gasteiger partial charge is 0.508 e. The molecule has 0 aliphatic rings. The molecule has 0 atom stereocenters. The summed E-state index contributed by atoms with van der Waals surface area (Å²) in [5.74, 6) is 1.45. The van der Waals surface area contributed by atoms with E-state index in [2.05, 4.69) is 27.7 Å². The molecule has 0 saturated carbocycles. The number of hydrogen-bond acceptors (Lipinski definition) is 2. The maximum atomic E-state index is 9.51. The van der Waals surface area contributed by atoms with Gasteiger partial charge in [0.2, 0.25) is 0 Å². The summed E-state index contributed by atoms with van der Waals surface area (Å²) >= 11 is 1.81. The maximum Gasteiger partial charge on any atom is 0.117 e. The predicted octanol–water partition coefficient (Wildman–Crippen LogP) is 4.85. The van der Waals surface area contributed by atoms with Gasteiger partial charge in [0.15, 0.2) is 0 Å². The van der Waals surface area contributed by atoms with Gasteiger partial charge in [0.05, 0.1) is 0 Å². The molecule has 2 heteroatoms. The second kappa shape index (κ2) is 4.10. The van der Waals surface area contributed by atoms with Crippen molar-refractivity contribution < 1.29 is 5.11 Å². The van der Waals surface area contributed by atoms with Gasteiger partial charge in [0.1, 0.15) is 5.75 Å². The minimum absolute atomic E-state index is 0.361. The Morgan fingerprint density at radius 1 is 1.06 bits per heavy atom. The van der Waals surface area contributed by atoms with E-state index in [0.717, 1.165) is 0 Å². The van der Waals surface area contributed by atoms with Crippen LogP contribution in [0.15, 0.2) is 18.2 Å². The fourth-order valence-electron chi connectivity index (χ4n) is 2.15. The average Bonchev–Trinajstić information content (AvgIpc) is 2.55. The zero-order chi connectivity index (χ0) is 11.9. The van der Waals surface area contributed by atoms with E-state index in [0.29, 0.717) is 17.6 Å². The molecule has 0 aliphatic heterocycles. The first-order valence-electron chi connectivity index (χ1n) is 5.76. The molecule has 1 heterocycles. The first kappa shape index (κ1) is 11.5. The van der Waals surface area contributed by atoms with Crippen molar-refractivity contribution in [1.82, 2.24) is 0 Å². The fourth-order valence-corrected chi connectivity index (χ4v) is 3.54. The van der Waals surface area contributed by atoms with E-state index < -0.39 is 0 Å². The highest BCUT2D eigenvalue weighted by atomic mass is 32.1. The second-order valence-electron chi connectivity index (χ2n) is 4.87. The molecule has 0 radical (unpaired) electrons. The zero-order valence-corrected chi connectivity index (χ0v) is 11.1. The molecule has 2 aromatic rings. The third-order valence-corrected chi connectivity index (χ3v) is 4.31. The highest BCUT2D eigenvalue weighted by Crippen LogP contribution is 2.40. The average molecular weight is 234 g/mol. The van der Waals surface area contributed by atoms with Gasteiger partial charge in [-0.15, -0.1) is 11.3 Å². The van der Waals surface area contributed by atoms with Gasteiger partial charge < -0.3 is 5.11 Å². The Labute approximate surface area is 101 Å². The lowest BCUT2D eigenvalue weighted by atomic mass is 9.95. The quantitative estimate of drug-likeness (QED) is 0.787. The number of fused-ring (bicyclic) bond motifs is 1. The van der Waals surface area contributed by atoms with E-state index in [1.165, 1.54) is 20.5 Å². The molecule has 0 spiro atoms. The zero-order valence-electron chi connectivity index (χ0n) is 10.2.